The minimum Gasteiger partial charge on any atom is -0.444 e. The van der Waals surface area contributed by atoms with Gasteiger partial charge in [0, 0.05) is 37.9 Å². The van der Waals surface area contributed by atoms with E-state index in [4.69, 9.17) is 4.74 Å². The molecule has 0 unspecified atom stereocenters. The molecule has 0 spiro atoms. The third-order valence-electron chi connectivity index (χ3n) is 3.94. The minimum absolute atomic E-state index is 0.218. The number of aromatic nitrogens is 1. The highest BCUT2D eigenvalue weighted by molar-refractivity contribution is 5.68. The van der Waals surface area contributed by atoms with Crippen molar-refractivity contribution in [3.8, 4) is 0 Å². The van der Waals surface area contributed by atoms with Crippen molar-refractivity contribution in [2.75, 3.05) is 19.6 Å². The zero-order valence-corrected chi connectivity index (χ0v) is 14.2. The number of piperazine rings is 1. The molecule has 122 valence electrons. The third-order valence-corrected chi connectivity index (χ3v) is 3.94. The van der Waals surface area contributed by atoms with Gasteiger partial charge in [-0.3, -0.25) is 9.88 Å². The minimum atomic E-state index is -0.446. The van der Waals surface area contributed by atoms with Crippen LogP contribution in [0.25, 0.3) is 0 Å². The summed E-state index contributed by atoms with van der Waals surface area (Å²) in [6.07, 6.45) is 1.61. The summed E-state index contributed by atoms with van der Waals surface area (Å²) in [6.45, 7) is 12.2. The Kier molecular flexibility index (Phi) is 5.06. The van der Waals surface area contributed by atoms with Crippen LogP contribution < -0.4 is 0 Å². The largest absolute Gasteiger partial charge is 0.444 e. The Morgan fingerprint density at radius 1 is 1.36 bits per heavy atom. The Hall–Kier alpha value is -1.62. The smallest absolute Gasteiger partial charge is 0.410 e. The number of amides is 1. The predicted octanol–water partition coefficient (Wildman–Crippen LogP) is 3.08. The summed E-state index contributed by atoms with van der Waals surface area (Å²) in [5.74, 6) is 0. The maximum Gasteiger partial charge on any atom is 0.410 e. The van der Waals surface area contributed by atoms with E-state index in [9.17, 15) is 4.79 Å². The van der Waals surface area contributed by atoms with Crippen LogP contribution in [0.3, 0.4) is 0 Å². The Morgan fingerprint density at radius 3 is 2.64 bits per heavy atom. The lowest BCUT2D eigenvalue weighted by Gasteiger charge is -2.42. The van der Waals surface area contributed by atoms with Gasteiger partial charge < -0.3 is 9.64 Å². The summed E-state index contributed by atoms with van der Waals surface area (Å²) in [4.78, 5) is 20.8. The van der Waals surface area contributed by atoms with Crippen LogP contribution in [-0.2, 0) is 4.74 Å². The maximum atomic E-state index is 12.2. The number of carbonyl (C=O) groups excluding carboxylic acids is 1. The molecule has 1 aromatic rings. The molecule has 2 atom stereocenters. The number of carbonyl (C=O) groups is 1. The second kappa shape index (κ2) is 6.65. The van der Waals surface area contributed by atoms with Crippen LogP contribution in [-0.4, -0.2) is 52.2 Å². The van der Waals surface area contributed by atoms with Crippen LogP contribution in [0.5, 0.6) is 0 Å². The summed E-state index contributed by atoms with van der Waals surface area (Å²) >= 11 is 0. The monoisotopic (exact) mass is 305 g/mol. The third kappa shape index (κ3) is 4.19. The van der Waals surface area contributed by atoms with Crippen molar-refractivity contribution >= 4 is 6.09 Å². The molecule has 22 heavy (non-hydrogen) atoms. The van der Waals surface area contributed by atoms with Gasteiger partial charge in [0.2, 0.25) is 0 Å². The van der Waals surface area contributed by atoms with E-state index in [1.807, 2.05) is 39.1 Å². The fourth-order valence-corrected chi connectivity index (χ4v) is 2.83. The lowest BCUT2D eigenvalue weighted by molar-refractivity contribution is -0.00103. The van der Waals surface area contributed by atoms with Gasteiger partial charge in [0.25, 0.3) is 0 Å². The van der Waals surface area contributed by atoms with Crippen molar-refractivity contribution in [3.63, 3.8) is 0 Å². The molecular formula is C17H27N3O2. The van der Waals surface area contributed by atoms with Gasteiger partial charge in [-0.1, -0.05) is 6.07 Å². The highest BCUT2D eigenvalue weighted by Crippen LogP contribution is 2.24. The normalized spacial score (nSPS) is 21.5. The van der Waals surface area contributed by atoms with Crippen LogP contribution in [0.15, 0.2) is 24.4 Å². The van der Waals surface area contributed by atoms with Crippen molar-refractivity contribution in [3.05, 3.63) is 30.1 Å². The Balaban J connectivity index is 1.97. The second-order valence-corrected chi connectivity index (χ2v) is 6.94. The van der Waals surface area contributed by atoms with Gasteiger partial charge in [-0.2, -0.15) is 0 Å². The van der Waals surface area contributed by atoms with Gasteiger partial charge in [-0.15, -0.1) is 0 Å². The van der Waals surface area contributed by atoms with E-state index >= 15 is 0 Å². The van der Waals surface area contributed by atoms with E-state index in [0.29, 0.717) is 13.1 Å². The predicted molar refractivity (Wildman–Crippen MR) is 86.6 cm³/mol. The maximum absolute atomic E-state index is 12.2. The topological polar surface area (TPSA) is 45.7 Å². The lowest BCUT2D eigenvalue weighted by atomic mass is 10.1. The van der Waals surface area contributed by atoms with Gasteiger partial charge in [0.15, 0.2) is 0 Å². The van der Waals surface area contributed by atoms with E-state index in [2.05, 4.69) is 29.8 Å². The molecule has 2 rings (SSSR count). The highest BCUT2D eigenvalue weighted by Gasteiger charge is 2.32. The van der Waals surface area contributed by atoms with Crippen LogP contribution >= 0.6 is 0 Å². The number of ether oxygens (including phenoxy) is 1. The van der Waals surface area contributed by atoms with E-state index < -0.39 is 5.60 Å². The number of hydrogen-bond donors (Lipinski definition) is 0. The lowest BCUT2D eigenvalue weighted by Crippen LogP contribution is -2.54. The summed E-state index contributed by atoms with van der Waals surface area (Å²) in [7, 11) is 0. The number of rotatable bonds is 2. The molecule has 0 saturated carbocycles. The molecule has 1 saturated heterocycles. The van der Waals surface area contributed by atoms with E-state index in [-0.39, 0.29) is 18.2 Å². The first-order chi connectivity index (χ1) is 10.3. The number of hydrogen-bond acceptors (Lipinski definition) is 4. The van der Waals surface area contributed by atoms with Crippen LogP contribution in [0.1, 0.15) is 46.4 Å². The molecule has 1 fully saturated rings. The summed E-state index contributed by atoms with van der Waals surface area (Å²) in [6, 6.07) is 6.52. The van der Waals surface area contributed by atoms with Gasteiger partial charge in [-0.25, -0.2) is 4.79 Å². The highest BCUT2D eigenvalue weighted by atomic mass is 16.6. The number of pyridine rings is 1. The summed E-state index contributed by atoms with van der Waals surface area (Å²) in [5.41, 5.74) is 0.624. The summed E-state index contributed by atoms with van der Waals surface area (Å²) in [5, 5.41) is 0. The van der Waals surface area contributed by atoms with Crippen molar-refractivity contribution in [2.24, 2.45) is 0 Å². The molecule has 2 heterocycles. The van der Waals surface area contributed by atoms with Crippen LogP contribution in [0.4, 0.5) is 4.79 Å². The molecule has 5 nitrogen and oxygen atoms in total. The van der Waals surface area contributed by atoms with Crippen molar-refractivity contribution < 1.29 is 9.53 Å². The van der Waals surface area contributed by atoms with Crippen LogP contribution in [0, 0.1) is 0 Å². The van der Waals surface area contributed by atoms with E-state index in [1.54, 1.807) is 4.90 Å². The quantitative estimate of drug-likeness (QED) is 0.842. The van der Waals surface area contributed by atoms with E-state index in [1.165, 1.54) is 0 Å². The Labute approximate surface area is 133 Å². The van der Waals surface area contributed by atoms with E-state index in [0.717, 1.165) is 12.2 Å². The fourth-order valence-electron chi connectivity index (χ4n) is 2.83. The fraction of sp³-hybridized carbons (Fsp3) is 0.647. The SMILES string of the molecule is C[C@@H]1CN(C(=O)OC(C)(C)C)CCN1[C@@H](C)c1ccccn1. The van der Waals surface area contributed by atoms with Gasteiger partial charge in [0.05, 0.1) is 5.69 Å². The molecule has 1 aliphatic heterocycles. The standard InChI is InChI=1S/C17H27N3O2/c1-13-12-19(16(21)22-17(3,4)5)10-11-20(13)14(2)15-8-6-7-9-18-15/h6-9,13-14H,10-12H2,1-5H3/t13-,14+/m1/s1. The molecule has 0 N–H and O–H groups in total. The van der Waals surface area contributed by atoms with Crippen molar-refractivity contribution in [1.82, 2.24) is 14.8 Å². The summed E-state index contributed by atoms with van der Waals surface area (Å²) < 4.78 is 5.46. The molecular weight excluding hydrogens is 278 g/mol. The molecule has 1 aromatic heterocycles. The Bertz CT molecular complexity index is 498. The average Bonchev–Trinajstić information content (AvgIpc) is 2.45. The average molecular weight is 305 g/mol. The molecule has 1 aliphatic rings. The van der Waals surface area contributed by atoms with Crippen LogP contribution in [0.2, 0.25) is 0 Å². The second-order valence-electron chi connectivity index (χ2n) is 6.94. The molecule has 0 bridgehead atoms. The van der Waals surface area contributed by atoms with Crippen molar-refractivity contribution in [1.29, 1.82) is 0 Å². The van der Waals surface area contributed by atoms with Gasteiger partial charge in [-0.05, 0) is 46.8 Å². The zero-order valence-electron chi connectivity index (χ0n) is 14.2. The van der Waals surface area contributed by atoms with Crippen molar-refractivity contribution in [2.45, 2.75) is 52.3 Å². The molecule has 0 aromatic carbocycles. The van der Waals surface area contributed by atoms with Gasteiger partial charge >= 0.3 is 6.09 Å². The number of nitrogens with zero attached hydrogens (tertiary/aromatic N) is 3. The first-order valence-corrected chi connectivity index (χ1v) is 7.92. The zero-order chi connectivity index (χ0) is 16.3. The molecule has 1 amide bonds. The van der Waals surface area contributed by atoms with Gasteiger partial charge in [0.1, 0.15) is 5.60 Å². The molecule has 0 aliphatic carbocycles. The Morgan fingerprint density at radius 2 is 2.09 bits per heavy atom. The molecule has 0 radical (unpaired) electrons. The first kappa shape index (κ1) is 16.7. The first-order valence-electron chi connectivity index (χ1n) is 7.92. The molecule has 5 heteroatoms.